The Balaban J connectivity index is 2.26. The van der Waals surface area contributed by atoms with Crippen molar-refractivity contribution in [3.63, 3.8) is 0 Å². The zero-order valence-corrected chi connectivity index (χ0v) is 17.3. The van der Waals surface area contributed by atoms with E-state index in [1.54, 1.807) is 36.4 Å². The third-order valence-electron chi connectivity index (χ3n) is 4.73. The van der Waals surface area contributed by atoms with Crippen LogP contribution in [0.1, 0.15) is 32.8 Å². The Morgan fingerprint density at radius 1 is 1.00 bits per heavy atom. The standard InChI is InChI=1S/C22H25NO4S/c1-4-13-23-15-21(28(25,26)18-10-7-16(5-2)8-11-18)22(24)19-14-17(27-6-3)9-12-20(19)23/h7-12,14-15H,4-6,13H2,1-3H3. The number of sulfone groups is 1. The largest absolute Gasteiger partial charge is 0.494 e. The molecular formula is C22H25NO4S. The lowest BCUT2D eigenvalue weighted by Gasteiger charge is -2.14. The number of benzene rings is 2. The number of rotatable bonds is 7. The molecule has 0 aliphatic rings. The van der Waals surface area contributed by atoms with Gasteiger partial charge in [-0.15, -0.1) is 0 Å². The SMILES string of the molecule is CCCn1cc(S(=O)(=O)c2ccc(CC)cc2)c(=O)c2cc(OCC)ccc21. The molecule has 148 valence electrons. The van der Waals surface area contributed by atoms with Gasteiger partial charge in [0.25, 0.3) is 0 Å². The predicted molar refractivity (Wildman–Crippen MR) is 111 cm³/mol. The lowest BCUT2D eigenvalue weighted by molar-refractivity contribution is 0.340. The second kappa shape index (κ2) is 8.19. The summed E-state index contributed by atoms with van der Waals surface area (Å²) in [7, 11) is -3.93. The fraction of sp³-hybridized carbons (Fsp3) is 0.318. The maximum absolute atomic E-state index is 13.2. The average molecular weight is 400 g/mol. The van der Waals surface area contributed by atoms with Crippen LogP contribution in [0.5, 0.6) is 5.75 Å². The van der Waals surface area contributed by atoms with E-state index >= 15 is 0 Å². The van der Waals surface area contributed by atoms with Gasteiger partial charge in [-0.3, -0.25) is 4.79 Å². The van der Waals surface area contributed by atoms with Crippen LogP contribution in [-0.2, 0) is 22.8 Å². The molecule has 0 N–H and O–H groups in total. The van der Waals surface area contributed by atoms with Gasteiger partial charge in [0, 0.05) is 12.7 Å². The van der Waals surface area contributed by atoms with Crippen LogP contribution < -0.4 is 10.2 Å². The third-order valence-corrected chi connectivity index (χ3v) is 6.49. The second-order valence-electron chi connectivity index (χ2n) is 6.63. The van der Waals surface area contributed by atoms with Gasteiger partial charge in [0.2, 0.25) is 15.3 Å². The van der Waals surface area contributed by atoms with E-state index in [2.05, 4.69) is 0 Å². The van der Waals surface area contributed by atoms with Crippen LogP contribution in [0.15, 0.2) is 63.2 Å². The van der Waals surface area contributed by atoms with Crippen molar-refractivity contribution >= 4 is 20.7 Å². The molecule has 0 bridgehead atoms. The fourth-order valence-electron chi connectivity index (χ4n) is 3.25. The number of nitrogens with zero attached hydrogens (tertiary/aromatic N) is 1. The highest BCUT2D eigenvalue weighted by molar-refractivity contribution is 7.91. The Bertz CT molecular complexity index is 1150. The van der Waals surface area contributed by atoms with E-state index in [0.29, 0.717) is 29.8 Å². The molecule has 0 aliphatic heterocycles. The Morgan fingerprint density at radius 3 is 2.32 bits per heavy atom. The minimum atomic E-state index is -3.93. The summed E-state index contributed by atoms with van der Waals surface area (Å²) < 4.78 is 33.8. The second-order valence-corrected chi connectivity index (χ2v) is 8.55. The first-order valence-corrected chi connectivity index (χ1v) is 11.0. The minimum Gasteiger partial charge on any atom is -0.494 e. The molecule has 0 saturated carbocycles. The van der Waals surface area contributed by atoms with E-state index < -0.39 is 15.3 Å². The third kappa shape index (κ3) is 3.69. The van der Waals surface area contributed by atoms with Crippen LogP contribution in [0.2, 0.25) is 0 Å². The van der Waals surface area contributed by atoms with Crippen LogP contribution in [-0.4, -0.2) is 19.6 Å². The summed E-state index contributed by atoms with van der Waals surface area (Å²) in [6.07, 6.45) is 3.10. The maximum atomic E-state index is 13.2. The van der Waals surface area contributed by atoms with Crippen LogP contribution in [0.25, 0.3) is 10.9 Å². The van der Waals surface area contributed by atoms with Crippen molar-refractivity contribution < 1.29 is 13.2 Å². The zero-order valence-electron chi connectivity index (χ0n) is 16.4. The topological polar surface area (TPSA) is 65.4 Å². The molecule has 1 heterocycles. The Kier molecular flexibility index (Phi) is 5.89. The van der Waals surface area contributed by atoms with E-state index in [4.69, 9.17) is 4.74 Å². The summed E-state index contributed by atoms with van der Waals surface area (Å²) in [6.45, 7) is 6.96. The molecule has 3 aromatic rings. The number of fused-ring (bicyclic) bond motifs is 1. The number of pyridine rings is 1. The molecule has 0 radical (unpaired) electrons. The Labute approximate surface area is 165 Å². The smallest absolute Gasteiger partial charge is 0.211 e. The predicted octanol–water partition coefficient (Wildman–Crippen LogP) is 4.21. The van der Waals surface area contributed by atoms with Crippen molar-refractivity contribution in [1.82, 2.24) is 4.57 Å². The molecule has 0 amide bonds. The first-order valence-electron chi connectivity index (χ1n) is 9.56. The van der Waals surface area contributed by atoms with Gasteiger partial charge in [-0.2, -0.15) is 0 Å². The summed E-state index contributed by atoms with van der Waals surface area (Å²) >= 11 is 0. The Morgan fingerprint density at radius 2 is 1.71 bits per heavy atom. The lowest BCUT2D eigenvalue weighted by atomic mass is 10.2. The number of hydrogen-bond acceptors (Lipinski definition) is 4. The van der Waals surface area contributed by atoms with Gasteiger partial charge in [0.1, 0.15) is 10.6 Å². The van der Waals surface area contributed by atoms with Gasteiger partial charge in [-0.25, -0.2) is 8.42 Å². The van der Waals surface area contributed by atoms with Crippen LogP contribution in [0, 0.1) is 0 Å². The van der Waals surface area contributed by atoms with Crippen molar-refractivity contribution in [2.45, 2.75) is 49.9 Å². The first kappa shape index (κ1) is 20.1. The highest BCUT2D eigenvalue weighted by Gasteiger charge is 2.24. The Hall–Kier alpha value is -2.60. The van der Waals surface area contributed by atoms with E-state index in [9.17, 15) is 13.2 Å². The van der Waals surface area contributed by atoms with Crippen LogP contribution >= 0.6 is 0 Å². The fourth-order valence-corrected chi connectivity index (χ4v) is 4.62. The molecule has 6 heteroatoms. The number of hydrogen-bond donors (Lipinski definition) is 0. The monoisotopic (exact) mass is 399 g/mol. The number of aryl methyl sites for hydroxylation is 2. The molecule has 5 nitrogen and oxygen atoms in total. The van der Waals surface area contributed by atoms with Gasteiger partial charge < -0.3 is 9.30 Å². The van der Waals surface area contributed by atoms with Gasteiger partial charge in [0.05, 0.1) is 22.4 Å². The molecule has 0 unspecified atom stereocenters. The normalized spacial score (nSPS) is 11.7. The van der Waals surface area contributed by atoms with E-state index in [0.717, 1.165) is 18.4 Å². The molecule has 0 saturated heterocycles. The molecule has 0 fully saturated rings. The minimum absolute atomic E-state index is 0.130. The summed E-state index contributed by atoms with van der Waals surface area (Å²) in [5.74, 6) is 0.553. The summed E-state index contributed by atoms with van der Waals surface area (Å²) in [6, 6.07) is 11.9. The van der Waals surface area contributed by atoms with Crippen molar-refractivity contribution in [3.8, 4) is 5.75 Å². The molecular weight excluding hydrogens is 374 g/mol. The summed E-state index contributed by atoms with van der Waals surface area (Å²) in [5, 5.41) is 0.352. The highest BCUT2D eigenvalue weighted by atomic mass is 32.2. The van der Waals surface area contributed by atoms with Crippen molar-refractivity contribution in [3.05, 3.63) is 64.4 Å². The highest BCUT2D eigenvalue weighted by Crippen LogP contribution is 2.24. The molecule has 28 heavy (non-hydrogen) atoms. The van der Waals surface area contributed by atoms with Gasteiger partial charge in [-0.1, -0.05) is 26.0 Å². The molecule has 3 rings (SSSR count). The van der Waals surface area contributed by atoms with Gasteiger partial charge >= 0.3 is 0 Å². The average Bonchev–Trinajstić information content (AvgIpc) is 2.70. The molecule has 0 aliphatic carbocycles. The molecule has 0 spiro atoms. The van der Waals surface area contributed by atoms with E-state index in [-0.39, 0.29) is 9.79 Å². The first-order chi connectivity index (χ1) is 13.4. The van der Waals surface area contributed by atoms with Gasteiger partial charge in [0.15, 0.2) is 0 Å². The number of ether oxygens (including phenoxy) is 1. The summed E-state index contributed by atoms with van der Waals surface area (Å²) in [5.41, 5.74) is 1.25. The zero-order chi connectivity index (χ0) is 20.3. The van der Waals surface area contributed by atoms with Crippen molar-refractivity contribution in [2.24, 2.45) is 0 Å². The molecule has 2 aromatic carbocycles. The van der Waals surface area contributed by atoms with E-state index in [1.165, 1.54) is 6.20 Å². The molecule has 0 atom stereocenters. The van der Waals surface area contributed by atoms with Crippen molar-refractivity contribution in [1.29, 1.82) is 0 Å². The summed E-state index contributed by atoms with van der Waals surface area (Å²) in [4.78, 5) is 13.1. The van der Waals surface area contributed by atoms with Crippen LogP contribution in [0.4, 0.5) is 0 Å². The lowest BCUT2D eigenvalue weighted by Crippen LogP contribution is -2.19. The maximum Gasteiger partial charge on any atom is 0.211 e. The van der Waals surface area contributed by atoms with Crippen molar-refractivity contribution in [2.75, 3.05) is 6.61 Å². The van der Waals surface area contributed by atoms with E-state index in [1.807, 2.05) is 31.4 Å². The quantitative estimate of drug-likeness (QED) is 0.597. The van der Waals surface area contributed by atoms with Crippen LogP contribution in [0.3, 0.4) is 0 Å². The van der Waals surface area contributed by atoms with Gasteiger partial charge in [-0.05, 0) is 55.7 Å². The number of aromatic nitrogens is 1. The molecule has 1 aromatic heterocycles.